The number of thiol groups is 1. The molecule has 1 aliphatic rings. The Balaban J connectivity index is 2.40. The van der Waals surface area contributed by atoms with E-state index < -0.39 is 274 Å². The Hall–Kier alpha value is -10.6. The molecule has 1 fully saturated rings. The second-order valence-corrected chi connectivity index (χ2v) is 27.6. The summed E-state index contributed by atoms with van der Waals surface area (Å²) in [6.07, 6.45) is -3.11. The van der Waals surface area contributed by atoms with E-state index in [1.165, 1.54) is 12.5 Å². The van der Waals surface area contributed by atoms with Crippen molar-refractivity contribution in [3.8, 4) is 0 Å². The molecule has 110 heavy (non-hydrogen) atoms. The number of nitrogens with zero attached hydrogens (tertiary/aromatic N) is 2. The van der Waals surface area contributed by atoms with Gasteiger partial charge in [0.25, 0.3) is 0 Å². The molecule has 0 unspecified atom stereocenters. The number of amides is 15. The zero-order valence-electron chi connectivity index (χ0n) is 62.1. The number of nitrogens with two attached hydrogens (primary N) is 4. The zero-order valence-corrected chi connectivity index (χ0v) is 63.0. The molecule has 0 radical (unpaired) electrons. The third-order valence-corrected chi connectivity index (χ3v) is 17.4. The van der Waals surface area contributed by atoms with E-state index in [1.54, 1.807) is 27.7 Å². The lowest BCUT2D eigenvalue weighted by Crippen LogP contribution is -2.61. The lowest BCUT2D eigenvalue weighted by Gasteiger charge is -2.31. The molecule has 2 rings (SSSR count). The highest BCUT2D eigenvalue weighted by atomic mass is 32.1. The van der Waals surface area contributed by atoms with Crippen molar-refractivity contribution in [2.75, 3.05) is 25.4 Å². The molecule has 1 saturated heterocycles. The van der Waals surface area contributed by atoms with Gasteiger partial charge in [-0.2, -0.15) is 12.6 Å². The van der Waals surface area contributed by atoms with Crippen molar-refractivity contribution in [1.29, 1.82) is 0 Å². The third kappa shape index (κ3) is 35.2. The molecule has 43 nitrogen and oxygen atoms in total. The highest BCUT2D eigenvalue weighted by molar-refractivity contribution is 7.80. The summed E-state index contributed by atoms with van der Waals surface area (Å²) in [7, 11) is 0. The van der Waals surface area contributed by atoms with Crippen LogP contribution in [0.25, 0.3) is 0 Å². The Morgan fingerprint density at radius 1 is 0.482 bits per heavy atom. The molecule has 616 valence electrons. The van der Waals surface area contributed by atoms with E-state index in [4.69, 9.17) is 22.9 Å². The molecule has 0 aliphatic carbocycles. The molecular weight excluding hydrogens is 1470 g/mol. The van der Waals surface area contributed by atoms with Gasteiger partial charge in [0.1, 0.15) is 84.6 Å². The molecular formula is C66H107N19O24S. The van der Waals surface area contributed by atoms with E-state index in [9.17, 15) is 117 Å². The van der Waals surface area contributed by atoms with Crippen molar-refractivity contribution in [3.63, 3.8) is 0 Å². The number of aromatic nitrogens is 2. The summed E-state index contributed by atoms with van der Waals surface area (Å²) in [5.41, 5.74) is 22.2. The number of primary amides is 2. The summed E-state index contributed by atoms with van der Waals surface area (Å²) < 4.78 is 0. The van der Waals surface area contributed by atoms with Crippen LogP contribution in [0.3, 0.4) is 0 Å². The maximum atomic E-state index is 14.7. The summed E-state index contributed by atoms with van der Waals surface area (Å²) in [6.45, 7) is 8.36. The van der Waals surface area contributed by atoms with Crippen LogP contribution in [0.4, 0.5) is 0 Å². The molecule has 26 N–H and O–H groups in total. The van der Waals surface area contributed by atoms with Gasteiger partial charge in [0, 0.05) is 62.7 Å². The number of imidazole rings is 1. The van der Waals surface area contributed by atoms with Crippen LogP contribution in [0.5, 0.6) is 0 Å². The Kier molecular flexibility index (Phi) is 42.3. The highest BCUT2D eigenvalue weighted by Gasteiger charge is 2.42. The molecule has 0 aromatic carbocycles. The molecule has 1 aromatic rings. The van der Waals surface area contributed by atoms with Gasteiger partial charge in [0.15, 0.2) is 0 Å². The molecule has 44 heteroatoms. The van der Waals surface area contributed by atoms with E-state index in [0.29, 0.717) is 12.1 Å². The first-order chi connectivity index (χ1) is 51.6. The standard InChI is InChI=1S/C66H107N19O24S/c1-31(2)24-43(60(102)77-39(15-20-51(91)92)57(99)73-33(5)53(95)75-37(12-17-48(69)87)59(101)80-42(66(108)109)13-18-49(70)88)81-54(96)34(6)74-56(98)38(14-19-50(89)90)76-58(100)40(16-21-52(93)94)78-64(106)47-11-9-23-85(47)65(107)41(10-7-8-22-67)79-63(105)46(29-110)84-62(104)45(26-35-27-71-30-72-35)83-61(103)44(25-32(3)4)82-55(97)36(68)28-86/h27,30-34,36-47,86,110H,7-26,28-29,67-68H2,1-6H3,(H2,69,87)(H2,70,88)(H,71,72)(H,73,99)(H,74,98)(H,75,95)(H,76,100)(H,77,102)(H,78,106)(H,79,105)(H,80,101)(H,81,96)(H,82,97)(H,83,103)(H,84,104)(H,89,90)(H,91,92)(H,93,94)(H,108,109)/t33-,34-,36-,37-,38-,39-,40-,41-,42-,43-,44-,45-,46-,47-/m0/s1. The zero-order chi connectivity index (χ0) is 83.2. The number of nitrogens with one attached hydrogen (secondary N) is 13. The van der Waals surface area contributed by atoms with Crippen molar-refractivity contribution < 1.29 is 117 Å². The van der Waals surface area contributed by atoms with E-state index in [2.05, 4.69) is 86.4 Å². The number of likely N-dealkylation sites (tertiary alicyclic amines) is 1. The van der Waals surface area contributed by atoms with Crippen LogP contribution in [0.15, 0.2) is 12.5 Å². The quantitative estimate of drug-likeness (QED) is 0.0213. The second-order valence-electron chi connectivity index (χ2n) is 27.2. The first-order valence-corrected chi connectivity index (χ1v) is 36.3. The van der Waals surface area contributed by atoms with Crippen LogP contribution in [0.1, 0.15) is 156 Å². The third-order valence-electron chi connectivity index (χ3n) is 17.0. The van der Waals surface area contributed by atoms with Gasteiger partial charge in [-0.3, -0.25) is 86.3 Å². The number of aromatic amines is 1. The van der Waals surface area contributed by atoms with E-state index in [1.807, 2.05) is 0 Å². The van der Waals surface area contributed by atoms with Crippen molar-refractivity contribution in [2.45, 2.75) is 242 Å². The topological polar surface area (TPSA) is 706 Å². The second kappa shape index (κ2) is 48.7. The van der Waals surface area contributed by atoms with Crippen LogP contribution < -0.4 is 86.7 Å². The Bertz CT molecular complexity index is 3380. The fourth-order valence-corrected chi connectivity index (χ4v) is 11.3. The molecule has 14 atom stereocenters. The van der Waals surface area contributed by atoms with Crippen molar-refractivity contribution >= 4 is 125 Å². The SMILES string of the molecule is CC(C)C[C@H](NC(=O)[C@H](C)NC(=O)[C@H](CCC(=O)O)NC(=O)[C@H](CCC(=O)O)NC(=O)[C@@H]1CCCN1C(=O)[C@H](CCCCN)NC(=O)[C@H](CS)NC(=O)[C@H](Cc1cnc[nH]1)NC(=O)[C@H](CC(C)C)NC(=O)[C@@H](N)CO)C(=O)N[C@@H](CCC(=O)O)C(=O)N[C@@H](C)C(=O)N[C@@H](CCC(N)=O)C(=O)N[C@@H](CCC(N)=O)C(=O)O. The number of rotatable bonds is 53. The Morgan fingerprint density at radius 3 is 1.27 bits per heavy atom. The van der Waals surface area contributed by atoms with Crippen molar-refractivity contribution in [2.24, 2.45) is 34.8 Å². The molecule has 15 amide bonds. The summed E-state index contributed by atoms with van der Waals surface area (Å²) in [4.78, 5) is 259. The lowest BCUT2D eigenvalue weighted by atomic mass is 10.0. The van der Waals surface area contributed by atoms with Gasteiger partial charge in [-0.15, -0.1) is 0 Å². The van der Waals surface area contributed by atoms with Crippen molar-refractivity contribution in [3.05, 3.63) is 18.2 Å². The first-order valence-electron chi connectivity index (χ1n) is 35.7. The van der Waals surface area contributed by atoms with Crippen LogP contribution in [-0.2, 0) is 97.5 Å². The number of aliphatic carboxylic acids is 4. The Labute approximate surface area is 638 Å². The van der Waals surface area contributed by atoms with Crippen LogP contribution >= 0.6 is 12.6 Å². The van der Waals surface area contributed by atoms with Crippen LogP contribution in [-0.4, -0.2) is 263 Å². The number of H-pyrrole nitrogens is 1. The summed E-state index contributed by atoms with van der Waals surface area (Å²) in [6, 6.07) is -21.9. The minimum Gasteiger partial charge on any atom is -0.481 e. The number of hydrogen-bond donors (Lipinski definition) is 23. The molecule has 0 bridgehead atoms. The number of hydrogen-bond acceptors (Lipinski definition) is 24. The average molecular weight is 1580 g/mol. The largest absolute Gasteiger partial charge is 0.481 e. The van der Waals surface area contributed by atoms with Gasteiger partial charge >= 0.3 is 23.9 Å². The smallest absolute Gasteiger partial charge is 0.326 e. The predicted octanol–water partition coefficient (Wildman–Crippen LogP) is -7.52. The van der Waals surface area contributed by atoms with E-state index in [-0.39, 0.29) is 69.7 Å². The number of unbranched alkanes of at least 4 members (excludes halogenated alkanes) is 1. The van der Waals surface area contributed by atoms with Gasteiger partial charge < -0.3 is 122 Å². The number of carboxylic acids is 4. The summed E-state index contributed by atoms with van der Waals surface area (Å²) in [5, 5.41) is 76.7. The van der Waals surface area contributed by atoms with E-state index >= 15 is 0 Å². The van der Waals surface area contributed by atoms with Gasteiger partial charge in [0.05, 0.1) is 12.9 Å². The van der Waals surface area contributed by atoms with Gasteiger partial charge in [-0.1, -0.05) is 27.7 Å². The number of carboxylic acid groups (broad SMARTS) is 4. The summed E-state index contributed by atoms with van der Waals surface area (Å²) >= 11 is 4.29. The maximum absolute atomic E-state index is 14.7. The fraction of sp³-hybridized carbons (Fsp3) is 0.667. The molecule has 2 heterocycles. The fourth-order valence-electron chi connectivity index (χ4n) is 11.0. The van der Waals surface area contributed by atoms with Crippen LogP contribution in [0, 0.1) is 11.8 Å². The predicted molar refractivity (Wildman–Crippen MR) is 387 cm³/mol. The number of aliphatic hydroxyl groups excluding tert-OH is 1. The minimum absolute atomic E-state index is 0.0372. The van der Waals surface area contributed by atoms with Gasteiger partial charge in [-0.25, -0.2) is 9.78 Å². The van der Waals surface area contributed by atoms with Crippen LogP contribution in [0.2, 0.25) is 0 Å². The molecule has 0 saturated carbocycles. The monoisotopic (exact) mass is 1580 g/mol. The lowest BCUT2D eigenvalue weighted by molar-refractivity contribution is -0.143. The van der Waals surface area contributed by atoms with E-state index in [0.717, 1.165) is 18.7 Å². The highest BCUT2D eigenvalue weighted by Crippen LogP contribution is 2.22. The number of carbonyl (C=O) groups excluding carboxylic acids is 15. The average Bonchev–Trinajstić information content (AvgIpc) is 1.62. The van der Waals surface area contributed by atoms with Crippen molar-refractivity contribution in [1.82, 2.24) is 78.7 Å². The van der Waals surface area contributed by atoms with Gasteiger partial charge in [0.2, 0.25) is 88.6 Å². The number of carbonyl (C=O) groups is 19. The number of aliphatic hydroxyl groups is 1. The normalized spacial score (nSPS) is 16.1. The molecule has 0 spiro atoms. The van der Waals surface area contributed by atoms with Gasteiger partial charge in [-0.05, 0) is 109 Å². The molecule has 1 aromatic heterocycles. The summed E-state index contributed by atoms with van der Waals surface area (Å²) in [5.74, 6) is -22.1. The minimum atomic E-state index is -1.85. The Morgan fingerprint density at radius 2 is 0.855 bits per heavy atom. The maximum Gasteiger partial charge on any atom is 0.326 e. The first kappa shape index (κ1) is 95.4. The molecule has 1 aliphatic heterocycles.